The fourth-order valence-corrected chi connectivity index (χ4v) is 3.37. The number of ether oxygens (including phenoxy) is 2. The van der Waals surface area contributed by atoms with Gasteiger partial charge in [0.2, 0.25) is 0 Å². The van der Waals surface area contributed by atoms with Crippen LogP contribution in [0.1, 0.15) is 32.1 Å². The van der Waals surface area contributed by atoms with Crippen LogP contribution in [0.4, 0.5) is 5.69 Å². The van der Waals surface area contributed by atoms with Gasteiger partial charge >= 0.3 is 5.97 Å². The molecule has 132 valence electrons. The monoisotopic (exact) mass is 339 g/mol. The number of carbonyl (C=O) groups is 1. The van der Waals surface area contributed by atoms with Gasteiger partial charge in [0, 0.05) is 12.1 Å². The molecular formula is C21H25NO3. The first-order chi connectivity index (χ1) is 12.1. The molecule has 1 aliphatic carbocycles. The highest BCUT2D eigenvalue weighted by Crippen LogP contribution is 2.30. The Balaban J connectivity index is 1.52. The van der Waals surface area contributed by atoms with Crippen molar-refractivity contribution < 1.29 is 14.3 Å². The van der Waals surface area contributed by atoms with Crippen LogP contribution in [0.15, 0.2) is 48.5 Å². The molecule has 2 aromatic carbocycles. The Morgan fingerprint density at radius 3 is 2.08 bits per heavy atom. The third-order valence-electron chi connectivity index (χ3n) is 4.88. The molecule has 2 aromatic rings. The van der Waals surface area contributed by atoms with E-state index in [9.17, 15) is 4.79 Å². The number of hydrogen-bond acceptors (Lipinski definition) is 4. The Kier molecular flexibility index (Phi) is 5.59. The molecular weight excluding hydrogens is 314 g/mol. The van der Waals surface area contributed by atoms with Crippen LogP contribution in [0.3, 0.4) is 0 Å². The summed E-state index contributed by atoms with van der Waals surface area (Å²) in [6.07, 6.45) is 4.77. The van der Waals surface area contributed by atoms with Gasteiger partial charge in [-0.15, -0.1) is 0 Å². The van der Waals surface area contributed by atoms with Crippen molar-refractivity contribution in [2.75, 3.05) is 12.8 Å². The molecule has 3 rings (SSSR count). The average molecular weight is 339 g/mol. The molecule has 0 unspecified atom stereocenters. The third kappa shape index (κ3) is 4.75. The van der Waals surface area contributed by atoms with Gasteiger partial charge in [0.15, 0.2) is 0 Å². The van der Waals surface area contributed by atoms with Crippen LogP contribution in [0, 0.1) is 5.92 Å². The van der Waals surface area contributed by atoms with E-state index in [1.165, 1.54) is 7.11 Å². The van der Waals surface area contributed by atoms with Gasteiger partial charge in [0.25, 0.3) is 0 Å². The molecule has 4 nitrogen and oxygen atoms in total. The van der Waals surface area contributed by atoms with Crippen molar-refractivity contribution >= 4 is 11.7 Å². The average Bonchev–Trinajstić information content (AvgIpc) is 2.64. The maximum Gasteiger partial charge on any atom is 0.305 e. The Hall–Kier alpha value is -2.49. The number of carbonyl (C=O) groups excluding carboxylic acids is 1. The van der Waals surface area contributed by atoms with Crippen molar-refractivity contribution in [1.29, 1.82) is 0 Å². The number of rotatable bonds is 5. The smallest absolute Gasteiger partial charge is 0.305 e. The fraction of sp³-hybridized carbons (Fsp3) is 0.381. The van der Waals surface area contributed by atoms with Crippen LogP contribution in [-0.2, 0) is 9.53 Å². The second kappa shape index (κ2) is 8.06. The molecule has 0 aliphatic heterocycles. The van der Waals surface area contributed by atoms with Crippen LogP contribution >= 0.6 is 0 Å². The molecule has 25 heavy (non-hydrogen) atoms. The number of nitrogen functional groups attached to an aromatic ring is 1. The first-order valence-electron chi connectivity index (χ1n) is 8.83. The zero-order chi connectivity index (χ0) is 17.6. The summed E-state index contributed by atoms with van der Waals surface area (Å²) in [6.45, 7) is 0. The normalized spacial score (nSPS) is 20.0. The Morgan fingerprint density at radius 1 is 0.960 bits per heavy atom. The van der Waals surface area contributed by atoms with E-state index in [1.807, 2.05) is 36.4 Å². The fourth-order valence-electron chi connectivity index (χ4n) is 3.37. The Labute approximate surface area is 148 Å². The zero-order valence-electron chi connectivity index (χ0n) is 14.6. The Bertz CT molecular complexity index is 686. The number of benzene rings is 2. The first kappa shape index (κ1) is 17.3. The number of nitrogens with two attached hydrogens (primary N) is 1. The van der Waals surface area contributed by atoms with E-state index in [0.29, 0.717) is 12.3 Å². The van der Waals surface area contributed by atoms with Crippen molar-refractivity contribution in [2.24, 2.45) is 5.92 Å². The molecule has 1 saturated carbocycles. The lowest BCUT2D eigenvalue weighted by molar-refractivity contribution is -0.142. The molecule has 1 fully saturated rings. The zero-order valence-corrected chi connectivity index (χ0v) is 14.6. The van der Waals surface area contributed by atoms with Gasteiger partial charge in [-0.1, -0.05) is 24.3 Å². The van der Waals surface area contributed by atoms with Crippen LogP contribution < -0.4 is 10.5 Å². The number of methoxy groups -OCH3 is 1. The maximum atomic E-state index is 11.4. The van der Waals surface area contributed by atoms with E-state index < -0.39 is 0 Å². The van der Waals surface area contributed by atoms with Gasteiger partial charge in [0.05, 0.1) is 13.2 Å². The highest BCUT2D eigenvalue weighted by molar-refractivity contribution is 5.69. The van der Waals surface area contributed by atoms with E-state index in [1.54, 1.807) is 0 Å². The summed E-state index contributed by atoms with van der Waals surface area (Å²) >= 11 is 0. The summed E-state index contributed by atoms with van der Waals surface area (Å²) < 4.78 is 10.9. The van der Waals surface area contributed by atoms with Gasteiger partial charge in [-0.05, 0) is 67.0 Å². The van der Waals surface area contributed by atoms with Gasteiger partial charge in [-0.25, -0.2) is 0 Å². The van der Waals surface area contributed by atoms with Crippen LogP contribution in [-0.4, -0.2) is 19.2 Å². The molecule has 0 heterocycles. The maximum absolute atomic E-state index is 11.4. The van der Waals surface area contributed by atoms with E-state index in [-0.39, 0.29) is 12.1 Å². The molecule has 0 aromatic heterocycles. The lowest BCUT2D eigenvalue weighted by Crippen LogP contribution is -2.25. The second-order valence-electron chi connectivity index (χ2n) is 6.69. The summed E-state index contributed by atoms with van der Waals surface area (Å²) in [5.41, 5.74) is 8.79. The Morgan fingerprint density at radius 2 is 1.52 bits per heavy atom. The lowest BCUT2D eigenvalue weighted by Gasteiger charge is -2.28. The van der Waals surface area contributed by atoms with Crippen molar-refractivity contribution in [3.05, 3.63) is 48.5 Å². The van der Waals surface area contributed by atoms with Crippen molar-refractivity contribution in [3.8, 4) is 16.9 Å². The topological polar surface area (TPSA) is 61.5 Å². The largest absolute Gasteiger partial charge is 0.490 e. The molecule has 4 heteroatoms. The number of hydrogen-bond donors (Lipinski definition) is 1. The molecule has 2 N–H and O–H groups in total. The van der Waals surface area contributed by atoms with Gasteiger partial charge < -0.3 is 15.2 Å². The molecule has 0 spiro atoms. The molecule has 0 radical (unpaired) electrons. The van der Waals surface area contributed by atoms with E-state index in [0.717, 1.165) is 48.2 Å². The molecule has 1 aliphatic rings. The van der Waals surface area contributed by atoms with E-state index in [2.05, 4.69) is 12.1 Å². The number of esters is 1. The third-order valence-corrected chi connectivity index (χ3v) is 4.88. The van der Waals surface area contributed by atoms with Gasteiger partial charge in [-0.2, -0.15) is 0 Å². The first-order valence-corrected chi connectivity index (χ1v) is 8.83. The molecule has 0 atom stereocenters. The number of anilines is 1. The predicted octanol–water partition coefficient (Wildman–Crippen LogP) is 4.44. The second-order valence-corrected chi connectivity index (χ2v) is 6.69. The quantitative estimate of drug-likeness (QED) is 0.646. The summed E-state index contributed by atoms with van der Waals surface area (Å²) in [4.78, 5) is 11.4. The molecule has 0 saturated heterocycles. The summed E-state index contributed by atoms with van der Waals surface area (Å²) in [6, 6.07) is 16.0. The van der Waals surface area contributed by atoms with E-state index in [4.69, 9.17) is 15.2 Å². The SMILES string of the molecule is COC(=O)CC1CCC(Oc2ccc(-c3ccc(N)cc3)cc2)CC1. The van der Waals surface area contributed by atoms with Crippen LogP contribution in [0.5, 0.6) is 5.75 Å². The summed E-state index contributed by atoms with van der Waals surface area (Å²) in [5, 5.41) is 0. The summed E-state index contributed by atoms with van der Waals surface area (Å²) in [7, 11) is 1.45. The van der Waals surface area contributed by atoms with Crippen molar-refractivity contribution in [3.63, 3.8) is 0 Å². The van der Waals surface area contributed by atoms with Crippen LogP contribution in [0.2, 0.25) is 0 Å². The minimum atomic E-state index is -0.109. The predicted molar refractivity (Wildman–Crippen MR) is 99.3 cm³/mol. The van der Waals surface area contributed by atoms with Crippen LogP contribution in [0.25, 0.3) is 11.1 Å². The van der Waals surface area contributed by atoms with E-state index >= 15 is 0 Å². The highest BCUT2D eigenvalue weighted by Gasteiger charge is 2.24. The standard InChI is InChI=1S/C21H25NO3/c1-24-21(23)14-15-2-10-19(11-3-15)25-20-12-6-17(7-13-20)16-4-8-18(22)9-5-16/h4-9,12-13,15,19H,2-3,10-11,14,22H2,1H3. The molecule has 0 bridgehead atoms. The lowest BCUT2D eigenvalue weighted by atomic mass is 9.85. The molecule has 0 amide bonds. The van der Waals surface area contributed by atoms with Crippen molar-refractivity contribution in [1.82, 2.24) is 0 Å². The minimum absolute atomic E-state index is 0.109. The van der Waals surface area contributed by atoms with Gasteiger partial charge in [-0.3, -0.25) is 4.79 Å². The highest BCUT2D eigenvalue weighted by atomic mass is 16.5. The minimum Gasteiger partial charge on any atom is -0.490 e. The van der Waals surface area contributed by atoms with Gasteiger partial charge in [0.1, 0.15) is 5.75 Å². The van der Waals surface area contributed by atoms with Crippen molar-refractivity contribution in [2.45, 2.75) is 38.2 Å². The summed E-state index contributed by atoms with van der Waals surface area (Å²) in [5.74, 6) is 1.22.